The SMILES string of the molecule is CC.CC(C)C(=O)N1CCOCC1. The third-order valence-corrected chi connectivity index (χ3v) is 1.82. The number of morpholine rings is 1. The normalized spacial score (nSPS) is 16.5. The third kappa shape index (κ3) is 4.27. The van der Waals surface area contributed by atoms with E-state index in [1.165, 1.54) is 0 Å². The number of carbonyl (C=O) groups is 1. The molecule has 0 saturated carbocycles. The third-order valence-electron chi connectivity index (χ3n) is 1.82. The lowest BCUT2D eigenvalue weighted by Gasteiger charge is -2.28. The van der Waals surface area contributed by atoms with E-state index in [-0.39, 0.29) is 11.8 Å². The van der Waals surface area contributed by atoms with E-state index in [1.807, 2.05) is 32.6 Å². The first-order valence-electron chi connectivity index (χ1n) is 5.08. The summed E-state index contributed by atoms with van der Waals surface area (Å²) in [5.74, 6) is 0.362. The molecule has 1 aliphatic rings. The van der Waals surface area contributed by atoms with Gasteiger partial charge in [0.05, 0.1) is 13.2 Å². The molecule has 0 bridgehead atoms. The number of nitrogens with zero attached hydrogens (tertiary/aromatic N) is 1. The summed E-state index contributed by atoms with van der Waals surface area (Å²) in [6, 6.07) is 0. The average molecular weight is 187 g/mol. The van der Waals surface area contributed by atoms with E-state index in [0.29, 0.717) is 13.2 Å². The minimum atomic E-state index is 0.119. The van der Waals surface area contributed by atoms with Crippen LogP contribution in [0.3, 0.4) is 0 Å². The quantitative estimate of drug-likeness (QED) is 0.623. The fourth-order valence-corrected chi connectivity index (χ4v) is 1.15. The molecule has 3 heteroatoms. The van der Waals surface area contributed by atoms with Gasteiger partial charge in [-0.3, -0.25) is 4.79 Å². The van der Waals surface area contributed by atoms with Crippen molar-refractivity contribution in [3.05, 3.63) is 0 Å². The summed E-state index contributed by atoms with van der Waals surface area (Å²) in [4.78, 5) is 13.2. The highest BCUT2D eigenvalue weighted by atomic mass is 16.5. The zero-order valence-electron chi connectivity index (χ0n) is 9.17. The molecule has 0 aromatic heterocycles. The Hall–Kier alpha value is -0.570. The van der Waals surface area contributed by atoms with E-state index in [1.54, 1.807) is 0 Å². The van der Waals surface area contributed by atoms with Crippen LogP contribution in [0.5, 0.6) is 0 Å². The van der Waals surface area contributed by atoms with Crippen LogP contribution in [0.1, 0.15) is 27.7 Å². The Bertz CT molecular complexity index is 140. The van der Waals surface area contributed by atoms with Crippen molar-refractivity contribution >= 4 is 5.91 Å². The second-order valence-corrected chi connectivity index (χ2v) is 3.09. The van der Waals surface area contributed by atoms with Crippen molar-refractivity contribution in [3.8, 4) is 0 Å². The second-order valence-electron chi connectivity index (χ2n) is 3.09. The highest BCUT2D eigenvalue weighted by Gasteiger charge is 2.18. The summed E-state index contributed by atoms with van der Waals surface area (Å²) >= 11 is 0. The Labute approximate surface area is 81.1 Å². The van der Waals surface area contributed by atoms with Crippen LogP contribution in [-0.2, 0) is 9.53 Å². The first kappa shape index (κ1) is 12.4. The van der Waals surface area contributed by atoms with Gasteiger partial charge in [-0.15, -0.1) is 0 Å². The zero-order chi connectivity index (χ0) is 10.3. The van der Waals surface area contributed by atoms with Crippen LogP contribution in [0.15, 0.2) is 0 Å². The van der Waals surface area contributed by atoms with E-state index in [4.69, 9.17) is 4.74 Å². The number of ether oxygens (including phenoxy) is 1. The van der Waals surface area contributed by atoms with E-state index < -0.39 is 0 Å². The molecule has 3 nitrogen and oxygen atoms in total. The number of amides is 1. The number of hydrogen-bond donors (Lipinski definition) is 0. The highest BCUT2D eigenvalue weighted by molar-refractivity contribution is 5.78. The van der Waals surface area contributed by atoms with Gasteiger partial charge in [-0.2, -0.15) is 0 Å². The largest absolute Gasteiger partial charge is 0.378 e. The van der Waals surface area contributed by atoms with Gasteiger partial charge < -0.3 is 9.64 Å². The predicted octanol–water partition coefficient (Wildman–Crippen LogP) is 1.53. The lowest BCUT2D eigenvalue weighted by Crippen LogP contribution is -2.42. The predicted molar refractivity (Wildman–Crippen MR) is 53.6 cm³/mol. The number of hydrogen-bond acceptors (Lipinski definition) is 2. The molecule has 0 aromatic rings. The summed E-state index contributed by atoms with van der Waals surface area (Å²) in [6.07, 6.45) is 0. The van der Waals surface area contributed by atoms with Crippen LogP contribution in [0.25, 0.3) is 0 Å². The molecule has 0 aromatic carbocycles. The summed E-state index contributed by atoms with van der Waals surface area (Å²) < 4.78 is 5.14. The molecule has 1 heterocycles. The molecule has 1 rings (SSSR count). The van der Waals surface area contributed by atoms with Gasteiger partial charge in [-0.1, -0.05) is 27.7 Å². The maximum absolute atomic E-state index is 11.4. The topological polar surface area (TPSA) is 29.5 Å². The Balaban J connectivity index is 0.000000671. The van der Waals surface area contributed by atoms with Crippen LogP contribution in [0.4, 0.5) is 0 Å². The van der Waals surface area contributed by atoms with Crippen LogP contribution >= 0.6 is 0 Å². The molecule has 1 aliphatic heterocycles. The molecule has 0 N–H and O–H groups in total. The van der Waals surface area contributed by atoms with Crippen molar-refractivity contribution in [2.45, 2.75) is 27.7 Å². The van der Waals surface area contributed by atoms with Crippen molar-refractivity contribution in [1.82, 2.24) is 4.90 Å². The maximum Gasteiger partial charge on any atom is 0.225 e. The minimum absolute atomic E-state index is 0.119. The van der Waals surface area contributed by atoms with E-state index in [2.05, 4.69) is 0 Å². The molecule has 0 radical (unpaired) electrons. The lowest BCUT2D eigenvalue weighted by molar-refractivity contribution is -0.138. The summed E-state index contributed by atoms with van der Waals surface area (Å²) in [6.45, 7) is 10.8. The molecule has 0 spiro atoms. The molecule has 1 fully saturated rings. The molecule has 0 aliphatic carbocycles. The van der Waals surface area contributed by atoms with Crippen molar-refractivity contribution in [2.24, 2.45) is 5.92 Å². The highest BCUT2D eigenvalue weighted by Crippen LogP contribution is 2.03. The summed E-state index contributed by atoms with van der Waals surface area (Å²) in [5.41, 5.74) is 0. The smallest absolute Gasteiger partial charge is 0.225 e. The number of carbonyl (C=O) groups excluding carboxylic acids is 1. The molecule has 0 atom stereocenters. The molecule has 13 heavy (non-hydrogen) atoms. The Kier molecular flexibility index (Phi) is 6.59. The van der Waals surface area contributed by atoms with Crippen molar-refractivity contribution in [3.63, 3.8) is 0 Å². The standard InChI is InChI=1S/C8H15NO2.C2H6/c1-7(2)8(10)9-3-5-11-6-4-9;1-2/h7H,3-6H2,1-2H3;1-2H3. The van der Waals surface area contributed by atoms with Gasteiger partial charge in [0.25, 0.3) is 0 Å². The Morgan fingerprint density at radius 1 is 1.23 bits per heavy atom. The maximum atomic E-state index is 11.4. The summed E-state index contributed by atoms with van der Waals surface area (Å²) in [7, 11) is 0. The molecule has 1 amide bonds. The van der Waals surface area contributed by atoms with E-state index >= 15 is 0 Å². The van der Waals surface area contributed by atoms with E-state index in [0.717, 1.165) is 13.1 Å². The van der Waals surface area contributed by atoms with Crippen LogP contribution in [0.2, 0.25) is 0 Å². The zero-order valence-corrected chi connectivity index (χ0v) is 9.17. The second kappa shape index (κ2) is 6.89. The molecular weight excluding hydrogens is 166 g/mol. The number of rotatable bonds is 1. The molecule has 1 saturated heterocycles. The van der Waals surface area contributed by atoms with Gasteiger partial charge >= 0.3 is 0 Å². The molecule has 78 valence electrons. The fraction of sp³-hybridized carbons (Fsp3) is 0.900. The lowest BCUT2D eigenvalue weighted by atomic mass is 10.2. The average Bonchev–Trinajstić information content (AvgIpc) is 2.21. The Morgan fingerprint density at radius 2 is 1.69 bits per heavy atom. The Morgan fingerprint density at radius 3 is 2.08 bits per heavy atom. The van der Waals surface area contributed by atoms with Gasteiger partial charge in [0.1, 0.15) is 0 Å². The first-order chi connectivity index (χ1) is 6.22. The van der Waals surface area contributed by atoms with Crippen molar-refractivity contribution in [1.29, 1.82) is 0 Å². The van der Waals surface area contributed by atoms with E-state index in [9.17, 15) is 4.79 Å². The molecular formula is C10H21NO2. The van der Waals surface area contributed by atoms with Crippen LogP contribution in [-0.4, -0.2) is 37.1 Å². The van der Waals surface area contributed by atoms with Gasteiger partial charge in [0.15, 0.2) is 0 Å². The monoisotopic (exact) mass is 187 g/mol. The minimum Gasteiger partial charge on any atom is -0.378 e. The van der Waals surface area contributed by atoms with Gasteiger partial charge in [0.2, 0.25) is 5.91 Å². The fourth-order valence-electron chi connectivity index (χ4n) is 1.15. The van der Waals surface area contributed by atoms with Gasteiger partial charge in [0, 0.05) is 19.0 Å². The molecule has 0 unspecified atom stereocenters. The summed E-state index contributed by atoms with van der Waals surface area (Å²) in [5, 5.41) is 0. The van der Waals surface area contributed by atoms with Gasteiger partial charge in [-0.25, -0.2) is 0 Å². The van der Waals surface area contributed by atoms with Crippen LogP contribution < -0.4 is 0 Å². The van der Waals surface area contributed by atoms with Gasteiger partial charge in [-0.05, 0) is 0 Å². The van der Waals surface area contributed by atoms with Crippen LogP contribution in [0, 0.1) is 5.92 Å². The van der Waals surface area contributed by atoms with Crippen molar-refractivity contribution < 1.29 is 9.53 Å². The van der Waals surface area contributed by atoms with Crippen molar-refractivity contribution in [2.75, 3.05) is 26.3 Å². The first-order valence-corrected chi connectivity index (χ1v) is 5.08.